The largest absolute Gasteiger partial charge is 0.477 e. The molecule has 1 aliphatic carbocycles. The minimum absolute atomic E-state index is 0.0265. The molecule has 1 aliphatic rings. The molecule has 0 bridgehead atoms. The van der Waals surface area contributed by atoms with E-state index >= 15 is 0 Å². The van der Waals surface area contributed by atoms with Crippen LogP contribution in [0.4, 0.5) is 0 Å². The Labute approximate surface area is 144 Å². The smallest absolute Gasteiger partial charge is 0.341 e. The summed E-state index contributed by atoms with van der Waals surface area (Å²) in [6, 6.07) is 2.93. The van der Waals surface area contributed by atoms with Crippen LogP contribution in [0.25, 0.3) is 0 Å². The van der Waals surface area contributed by atoms with Gasteiger partial charge in [0.1, 0.15) is 5.56 Å². The summed E-state index contributed by atoms with van der Waals surface area (Å²) in [7, 11) is -1.95. The van der Waals surface area contributed by atoms with Crippen molar-refractivity contribution in [3.63, 3.8) is 0 Å². The zero-order valence-electron chi connectivity index (χ0n) is 15.3. The van der Waals surface area contributed by atoms with Crippen LogP contribution in [0.2, 0.25) is 18.1 Å². The quantitative estimate of drug-likeness (QED) is 0.831. The van der Waals surface area contributed by atoms with E-state index in [0.717, 1.165) is 25.7 Å². The molecule has 24 heavy (non-hydrogen) atoms. The standard InChI is InChI=1S/C18H29NO4Si/c1-18(2,3)24(4,5)23-15-11-7-6-10-14(15)19-12-8-9-13(16(19)20)17(21)22/h8-9,12,14-15H,6-7,10-11H2,1-5H3,(H,21,22)/t14-,15+/m0/s1. The number of carboxylic acid groups (broad SMARTS) is 1. The van der Waals surface area contributed by atoms with Gasteiger partial charge >= 0.3 is 5.97 Å². The monoisotopic (exact) mass is 351 g/mol. The molecule has 0 radical (unpaired) electrons. The molecular weight excluding hydrogens is 322 g/mol. The van der Waals surface area contributed by atoms with E-state index < -0.39 is 19.8 Å². The Morgan fingerprint density at radius 1 is 1.29 bits per heavy atom. The number of aromatic carboxylic acids is 1. The molecule has 0 spiro atoms. The molecule has 5 nitrogen and oxygen atoms in total. The zero-order chi connectivity index (χ0) is 18.1. The lowest BCUT2D eigenvalue weighted by Gasteiger charge is -2.43. The van der Waals surface area contributed by atoms with E-state index in [4.69, 9.17) is 4.43 Å². The average molecular weight is 352 g/mol. The second-order valence-electron chi connectivity index (χ2n) is 8.21. The van der Waals surface area contributed by atoms with Crippen LogP contribution in [0, 0.1) is 0 Å². The molecule has 1 heterocycles. The second kappa shape index (κ2) is 6.84. The first-order valence-electron chi connectivity index (χ1n) is 8.67. The summed E-state index contributed by atoms with van der Waals surface area (Å²) in [5.41, 5.74) is -0.602. The molecule has 0 aliphatic heterocycles. The van der Waals surface area contributed by atoms with Crippen molar-refractivity contribution in [1.29, 1.82) is 0 Å². The van der Waals surface area contributed by atoms with Crippen LogP contribution in [0.5, 0.6) is 0 Å². The van der Waals surface area contributed by atoms with Crippen LogP contribution in [0.3, 0.4) is 0 Å². The van der Waals surface area contributed by atoms with E-state index in [1.165, 1.54) is 6.07 Å². The number of aromatic nitrogens is 1. The molecule has 1 aromatic heterocycles. The number of hydrogen-bond acceptors (Lipinski definition) is 3. The van der Waals surface area contributed by atoms with Crippen molar-refractivity contribution in [2.45, 2.75) is 76.7 Å². The van der Waals surface area contributed by atoms with E-state index in [1.54, 1.807) is 16.8 Å². The highest BCUT2D eigenvalue weighted by molar-refractivity contribution is 6.74. The van der Waals surface area contributed by atoms with Gasteiger partial charge in [-0.3, -0.25) is 4.79 Å². The summed E-state index contributed by atoms with van der Waals surface area (Å²) in [6.45, 7) is 11.0. The van der Waals surface area contributed by atoms with Crippen molar-refractivity contribution in [2.75, 3.05) is 0 Å². The minimum atomic E-state index is -1.95. The Bertz CT molecular complexity index is 660. The fourth-order valence-electron chi connectivity index (χ4n) is 3.02. The molecular formula is C18H29NO4Si. The van der Waals surface area contributed by atoms with Crippen molar-refractivity contribution < 1.29 is 14.3 Å². The maximum Gasteiger partial charge on any atom is 0.341 e. The van der Waals surface area contributed by atoms with Gasteiger partial charge in [-0.05, 0) is 43.1 Å². The Morgan fingerprint density at radius 3 is 2.50 bits per heavy atom. The van der Waals surface area contributed by atoms with Gasteiger partial charge < -0.3 is 14.1 Å². The van der Waals surface area contributed by atoms with Gasteiger partial charge in [-0.15, -0.1) is 0 Å². The minimum Gasteiger partial charge on any atom is -0.477 e. The first-order chi connectivity index (χ1) is 11.0. The van der Waals surface area contributed by atoms with E-state index in [0.29, 0.717) is 0 Å². The van der Waals surface area contributed by atoms with Gasteiger partial charge in [0.15, 0.2) is 8.32 Å². The second-order valence-corrected chi connectivity index (χ2v) is 13.0. The topological polar surface area (TPSA) is 68.5 Å². The van der Waals surface area contributed by atoms with Crippen LogP contribution in [0.15, 0.2) is 23.1 Å². The van der Waals surface area contributed by atoms with Gasteiger partial charge in [0, 0.05) is 6.20 Å². The lowest BCUT2D eigenvalue weighted by molar-refractivity contribution is 0.0683. The fourth-order valence-corrected chi connectivity index (χ4v) is 4.41. The molecule has 1 N–H and O–H groups in total. The maximum absolute atomic E-state index is 12.6. The van der Waals surface area contributed by atoms with Crippen molar-refractivity contribution in [3.8, 4) is 0 Å². The fraction of sp³-hybridized carbons (Fsp3) is 0.667. The third-order valence-corrected chi connectivity index (χ3v) is 9.99. The Balaban J connectivity index is 2.36. The number of carbonyl (C=O) groups is 1. The summed E-state index contributed by atoms with van der Waals surface area (Å²) < 4.78 is 8.18. The summed E-state index contributed by atoms with van der Waals surface area (Å²) >= 11 is 0. The summed E-state index contributed by atoms with van der Waals surface area (Å²) in [4.78, 5) is 23.8. The molecule has 2 rings (SSSR count). The predicted molar refractivity (Wildman–Crippen MR) is 97.2 cm³/mol. The van der Waals surface area contributed by atoms with Gasteiger partial charge in [-0.25, -0.2) is 4.79 Å². The van der Waals surface area contributed by atoms with E-state index in [1.807, 2.05) is 0 Å². The summed E-state index contributed by atoms with van der Waals surface area (Å²) in [5, 5.41) is 9.31. The van der Waals surface area contributed by atoms with E-state index in [2.05, 4.69) is 33.9 Å². The zero-order valence-corrected chi connectivity index (χ0v) is 16.3. The third-order valence-electron chi connectivity index (χ3n) is 5.48. The Kier molecular flexibility index (Phi) is 5.40. The van der Waals surface area contributed by atoms with Crippen LogP contribution in [0.1, 0.15) is 62.9 Å². The van der Waals surface area contributed by atoms with Gasteiger partial charge in [0.05, 0.1) is 12.1 Å². The number of carboxylic acids is 1. The van der Waals surface area contributed by atoms with Crippen molar-refractivity contribution in [1.82, 2.24) is 4.57 Å². The van der Waals surface area contributed by atoms with Crippen molar-refractivity contribution >= 4 is 14.3 Å². The highest BCUT2D eigenvalue weighted by atomic mass is 28.4. The van der Waals surface area contributed by atoms with Crippen molar-refractivity contribution in [2.24, 2.45) is 0 Å². The molecule has 1 aromatic rings. The van der Waals surface area contributed by atoms with Crippen LogP contribution in [-0.4, -0.2) is 30.1 Å². The third kappa shape index (κ3) is 3.80. The normalized spacial score (nSPS) is 22.4. The lowest BCUT2D eigenvalue weighted by Crippen LogP contribution is -2.48. The summed E-state index contributed by atoms with van der Waals surface area (Å²) in [6.07, 6.45) is 5.56. The van der Waals surface area contributed by atoms with Crippen LogP contribution < -0.4 is 5.56 Å². The van der Waals surface area contributed by atoms with E-state index in [-0.39, 0.29) is 22.7 Å². The highest BCUT2D eigenvalue weighted by Gasteiger charge is 2.41. The lowest BCUT2D eigenvalue weighted by atomic mass is 9.92. The number of hydrogen-bond donors (Lipinski definition) is 1. The molecule has 1 saturated carbocycles. The molecule has 134 valence electrons. The molecule has 1 fully saturated rings. The first kappa shape index (κ1) is 18.9. The van der Waals surface area contributed by atoms with Gasteiger partial charge in [-0.2, -0.15) is 0 Å². The molecule has 0 saturated heterocycles. The van der Waals surface area contributed by atoms with Crippen LogP contribution in [-0.2, 0) is 4.43 Å². The van der Waals surface area contributed by atoms with Crippen molar-refractivity contribution in [3.05, 3.63) is 34.2 Å². The Hall–Kier alpha value is -1.40. The molecule has 2 atom stereocenters. The number of nitrogens with zero attached hydrogens (tertiary/aromatic N) is 1. The average Bonchev–Trinajstić information content (AvgIpc) is 2.46. The molecule has 6 heteroatoms. The summed E-state index contributed by atoms with van der Waals surface area (Å²) in [5.74, 6) is -1.17. The number of pyridine rings is 1. The van der Waals surface area contributed by atoms with Crippen LogP contribution >= 0.6 is 0 Å². The van der Waals surface area contributed by atoms with Gasteiger partial charge in [-0.1, -0.05) is 33.6 Å². The molecule has 0 amide bonds. The maximum atomic E-state index is 12.6. The first-order valence-corrected chi connectivity index (χ1v) is 11.6. The highest BCUT2D eigenvalue weighted by Crippen LogP contribution is 2.41. The van der Waals surface area contributed by atoms with E-state index in [9.17, 15) is 14.7 Å². The Morgan fingerprint density at radius 2 is 1.92 bits per heavy atom. The SMILES string of the molecule is CC(C)(C)[Si](C)(C)O[C@@H]1CCCC[C@@H]1n1cccc(C(=O)O)c1=O. The number of rotatable bonds is 4. The molecule has 0 unspecified atom stereocenters. The van der Waals surface area contributed by atoms with Gasteiger partial charge in [0.2, 0.25) is 0 Å². The molecule has 0 aromatic carbocycles. The van der Waals surface area contributed by atoms with Gasteiger partial charge in [0.25, 0.3) is 5.56 Å². The predicted octanol–water partition coefficient (Wildman–Crippen LogP) is 4.05.